The Hall–Kier alpha value is -0.530. The lowest BCUT2D eigenvalue weighted by atomic mass is 9.79. The van der Waals surface area contributed by atoms with Gasteiger partial charge in [0.2, 0.25) is 0 Å². The van der Waals surface area contributed by atoms with E-state index in [9.17, 15) is 0 Å². The Kier molecular flexibility index (Phi) is 5.92. The van der Waals surface area contributed by atoms with Crippen molar-refractivity contribution in [3.63, 3.8) is 0 Å². The first-order valence-electron chi connectivity index (χ1n) is 8.11. The zero-order chi connectivity index (χ0) is 14.5. The van der Waals surface area contributed by atoms with Crippen molar-refractivity contribution >= 4 is 11.6 Å². The SMILES string of the molecule is CCCC(NC1CCC(C)CC1C)c1ccc(Cl)cc1. The van der Waals surface area contributed by atoms with Gasteiger partial charge in [-0.2, -0.15) is 0 Å². The second kappa shape index (κ2) is 7.47. The van der Waals surface area contributed by atoms with E-state index in [1.807, 2.05) is 12.1 Å². The van der Waals surface area contributed by atoms with E-state index in [1.54, 1.807) is 0 Å². The molecular weight excluding hydrogens is 266 g/mol. The molecule has 0 aliphatic heterocycles. The van der Waals surface area contributed by atoms with Crippen LogP contribution in [0.15, 0.2) is 24.3 Å². The normalized spacial score (nSPS) is 28.3. The fourth-order valence-electron chi connectivity index (χ4n) is 3.50. The molecule has 1 aliphatic rings. The van der Waals surface area contributed by atoms with E-state index in [0.29, 0.717) is 12.1 Å². The van der Waals surface area contributed by atoms with E-state index in [4.69, 9.17) is 11.6 Å². The second-order valence-electron chi connectivity index (χ2n) is 6.56. The van der Waals surface area contributed by atoms with Crippen LogP contribution in [0.1, 0.15) is 64.5 Å². The number of nitrogens with one attached hydrogen (secondary N) is 1. The van der Waals surface area contributed by atoms with Crippen molar-refractivity contribution in [3.05, 3.63) is 34.9 Å². The molecule has 1 N–H and O–H groups in total. The quantitative estimate of drug-likeness (QED) is 0.745. The van der Waals surface area contributed by atoms with Gasteiger partial charge in [-0.25, -0.2) is 0 Å². The number of hydrogen-bond acceptors (Lipinski definition) is 1. The van der Waals surface area contributed by atoms with Crippen LogP contribution in [0, 0.1) is 11.8 Å². The molecule has 0 aromatic heterocycles. The lowest BCUT2D eigenvalue weighted by molar-refractivity contribution is 0.210. The van der Waals surface area contributed by atoms with Gasteiger partial charge in [-0.15, -0.1) is 0 Å². The molecule has 1 nitrogen and oxygen atoms in total. The van der Waals surface area contributed by atoms with E-state index in [0.717, 1.165) is 16.9 Å². The molecule has 1 fully saturated rings. The minimum absolute atomic E-state index is 0.470. The van der Waals surface area contributed by atoms with Gasteiger partial charge >= 0.3 is 0 Å². The molecule has 2 heteroatoms. The largest absolute Gasteiger partial charge is 0.307 e. The third-order valence-electron chi connectivity index (χ3n) is 4.70. The molecule has 1 saturated carbocycles. The summed E-state index contributed by atoms with van der Waals surface area (Å²) in [6, 6.07) is 9.50. The standard InChI is InChI=1S/C18H28ClN/c1-4-5-18(15-7-9-16(19)10-8-15)20-17-11-6-13(2)12-14(17)3/h7-10,13-14,17-18,20H,4-6,11-12H2,1-3H3. The monoisotopic (exact) mass is 293 g/mol. The minimum atomic E-state index is 0.470. The third kappa shape index (κ3) is 4.23. The molecule has 0 radical (unpaired) electrons. The average Bonchev–Trinajstić information content (AvgIpc) is 2.42. The van der Waals surface area contributed by atoms with Crippen LogP contribution >= 0.6 is 11.6 Å². The van der Waals surface area contributed by atoms with Crippen molar-refractivity contribution in [2.45, 2.75) is 65.0 Å². The van der Waals surface area contributed by atoms with Gasteiger partial charge in [0.1, 0.15) is 0 Å². The summed E-state index contributed by atoms with van der Waals surface area (Å²) in [5.74, 6) is 1.67. The number of halogens is 1. The maximum atomic E-state index is 6.00. The first-order chi connectivity index (χ1) is 9.60. The first kappa shape index (κ1) is 15.9. The Bertz CT molecular complexity index is 400. The molecule has 1 aliphatic carbocycles. The van der Waals surface area contributed by atoms with Gasteiger partial charge in [0.25, 0.3) is 0 Å². The summed E-state index contributed by atoms with van der Waals surface area (Å²) < 4.78 is 0. The van der Waals surface area contributed by atoms with Crippen molar-refractivity contribution in [1.29, 1.82) is 0 Å². The Morgan fingerprint density at radius 1 is 1.20 bits per heavy atom. The highest BCUT2D eigenvalue weighted by molar-refractivity contribution is 6.30. The number of hydrogen-bond donors (Lipinski definition) is 1. The van der Waals surface area contributed by atoms with Crippen LogP contribution in [0.2, 0.25) is 5.02 Å². The van der Waals surface area contributed by atoms with Crippen LogP contribution in [0.5, 0.6) is 0 Å². The van der Waals surface area contributed by atoms with Crippen molar-refractivity contribution in [2.75, 3.05) is 0 Å². The van der Waals surface area contributed by atoms with Crippen LogP contribution in [0.4, 0.5) is 0 Å². The molecule has 0 heterocycles. The topological polar surface area (TPSA) is 12.0 Å². The fraction of sp³-hybridized carbons (Fsp3) is 0.667. The van der Waals surface area contributed by atoms with E-state index in [1.165, 1.54) is 37.7 Å². The minimum Gasteiger partial charge on any atom is -0.307 e. The van der Waals surface area contributed by atoms with Gasteiger partial charge in [-0.3, -0.25) is 0 Å². The predicted octanol–water partition coefficient (Wildman–Crippen LogP) is 5.60. The van der Waals surface area contributed by atoms with Crippen molar-refractivity contribution < 1.29 is 0 Å². The number of benzene rings is 1. The van der Waals surface area contributed by atoms with Crippen molar-refractivity contribution in [2.24, 2.45) is 11.8 Å². The molecular formula is C18H28ClN. The van der Waals surface area contributed by atoms with Crippen LogP contribution < -0.4 is 5.32 Å². The Morgan fingerprint density at radius 2 is 1.90 bits per heavy atom. The summed E-state index contributed by atoms with van der Waals surface area (Å²) in [5.41, 5.74) is 1.38. The summed E-state index contributed by atoms with van der Waals surface area (Å²) in [4.78, 5) is 0. The summed E-state index contributed by atoms with van der Waals surface area (Å²) >= 11 is 6.00. The maximum absolute atomic E-state index is 6.00. The molecule has 0 bridgehead atoms. The summed E-state index contributed by atoms with van der Waals surface area (Å²) in [6.45, 7) is 7.05. The second-order valence-corrected chi connectivity index (χ2v) is 7.00. The Labute approximate surface area is 129 Å². The van der Waals surface area contributed by atoms with Gasteiger partial charge in [-0.05, 0) is 55.2 Å². The Morgan fingerprint density at radius 3 is 2.50 bits per heavy atom. The summed E-state index contributed by atoms with van der Waals surface area (Å²) in [6.07, 6.45) is 6.44. The molecule has 4 unspecified atom stereocenters. The highest BCUT2D eigenvalue weighted by atomic mass is 35.5. The molecule has 1 aromatic rings. The summed E-state index contributed by atoms with van der Waals surface area (Å²) in [7, 11) is 0. The lowest BCUT2D eigenvalue weighted by Crippen LogP contribution is -2.41. The van der Waals surface area contributed by atoms with Gasteiger partial charge in [-0.1, -0.05) is 50.9 Å². The highest BCUT2D eigenvalue weighted by Gasteiger charge is 2.27. The zero-order valence-electron chi connectivity index (χ0n) is 13.0. The van der Waals surface area contributed by atoms with Gasteiger partial charge in [0.05, 0.1) is 0 Å². The molecule has 0 amide bonds. The molecule has 4 atom stereocenters. The van der Waals surface area contributed by atoms with Crippen molar-refractivity contribution in [3.8, 4) is 0 Å². The lowest BCUT2D eigenvalue weighted by Gasteiger charge is -2.36. The van der Waals surface area contributed by atoms with Gasteiger partial charge in [0, 0.05) is 17.1 Å². The van der Waals surface area contributed by atoms with Crippen molar-refractivity contribution in [1.82, 2.24) is 5.32 Å². The smallest absolute Gasteiger partial charge is 0.0406 e. The van der Waals surface area contributed by atoms with E-state index >= 15 is 0 Å². The van der Waals surface area contributed by atoms with Crippen LogP contribution in [-0.4, -0.2) is 6.04 Å². The highest BCUT2D eigenvalue weighted by Crippen LogP contribution is 2.31. The van der Waals surface area contributed by atoms with Crippen LogP contribution in [0.3, 0.4) is 0 Å². The molecule has 112 valence electrons. The van der Waals surface area contributed by atoms with Gasteiger partial charge < -0.3 is 5.32 Å². The summed E-state index contributed by atoms with van der Waals surface area (Å²) in [5, 5.41) is 4.74. The zero-order valence-corrected chi connectivity index (χ0v) is 13.8. The molecule has 2 rings (SSSR count). The Balaban J connectivity index is 2.03. The predicted molar refractivity (Wildman–Crippen MR) is 88.2 cm³/mol. The van der Waals surface area contributed by atoms with Crippen LogP contribution in [-0.2, 0) is 0 Å². The molecule has 0 saturated heterocycles. The molecule has 20 heavy (non-hydrogen) atoms. The van der Waals surface area contributed by atoms with E-state index < -0.39 is 0 Å². The fourth-order valence-corrected chi connectivity index (χ4v) is 3.63. The van der Waals surface area contributed by atoms with Gasteiger partial charge in [0.15, 0.2) is 0 Å². The van der Waals surface area contributed by atoms with E-state index in [2.05, 4.69) is 38.2 Å². The van der Waals surface area contributed by atoms with E-state index in [-0.39, 0.29) is 0 Å². The molecule has 1 aromatic carbocycles. The number of rotatable bonds is 5. The van der Waals surface area contributed by atoms with Crippen LogP contribution in [0.25, 0.3) is 0 Å². The third-order valence-corrected chi connectivity index (χ3v) is 4.95. The average molecular weight is 294 g/mol. The maximum Gasteiger partial charge on any atom is 0.0406 e. The molecule has 0 spiro atoms. The first-order valence-corrected chi connectivity index (χ1v) is 8.49.